The molecule has 0 saturated carbocycles. The monoisotopic (exact) mass is 421 g/mol. The number of likely N-dealkylation sites (tertiary alicyclic amines) is 1. The van der Waals surface area contributed by atoms with E-state index in [0.717, 1.165) is 29.4 Å². The first-order valence-electron chi connectivity index (χ1n) is 10.5. The summed E-state index contributed by atoms with van der Waals surface area (Å²) in [5.41, 5.74) is 2.49. The molecule has 7 heteroatoms. The lowest BCUT2D eigenvalue weighted by Gasteiger charge is -2.31. The van der Waals surface area contributed by atoms with Crippen LogP contribution in [0, 0.1) is 0 Å². The Balaban J connectivity index is 1.37. The number of nitrogens with one attached hydrogen (secondary N) is 2. The third-order valence-corrected chi connectivity index (χ3v) is 5.63. The summed E-state index contributed by atoms with van der Waals surface area (Å²) in [4.78, 5) is 29.3. The molecule has 0 atom stereocenters. The van der Waals surface area contributed by atoms with Crippen molar-refractivity contribution >= 4 is 22.7 Å². The number of para-hydroxylation sites is 1. The van der Waals surface area contributed by atoms with E-state index >= 15 is 0 Å². The van der Waals surface area contributed by atoms with Crippen molar-refractivity contribution in [1.29, 1.82) is 0 Å². The first-order valence-corrected chi connectivity index (χ1v) is 10.5. The van der Waals surface area contributed by atoms with Crippen molar-refractivity contribution in [3.05, 3.63) is 59.8 Å². The summed E-state index contributed by atoms with van der Waals surface area (Å²) in [5.74, 6) is 1.04. The van der Waals surface area contributed by atoms with Gasteiger partial charge in [0.1, 0.15) is 6.10 Å². The van der Waals surface area contributed by atoms with E-state index in [1.165, 1.54) is 0 Å². The van der Waals surface area contributed by atoms with Gasteiger partial charge in [-0.1, -0.05) is 18.2 Å². The number of amides is 2. The van der Waals surface area contributed by atoms with Crippen molar-refractivity contribution in [3.8, 4) is 11.5 Å². The fourth-order valence-corrected chi connectivity index (χ4v) is 3.88. The van der Waals surface area contributed by atoms with E-state index in [9.17, 15) is 9.59 Å². The van der Waals surface area contributed by atoms with Crippen molar-refractivity contribution in [1.82, 2.24) is 15.2 Å². The minimum atomic E-state index is -0.182. The van der Waals surface area contributed by atoms with Gasteiger partial charge in [0.25, 0.3) is 5.91 Å². The maximum absolute atomic E-state index is 12.6. The number of aromatic nitrogens is 1. The zero-order valence-electron chi connectivity index (χ0n) is 17.8. The van der Waals surface area contributed by atoms with Gasteiger partial charge in [-0.3, -0.25) is 9.59 Å². The van der Waals surface area contributed by atoms with Gasteiger partial charge >= 0.3 is 0 Å². The molecule has 0 unspecified atom stereocenters. The number of carbonyl (C=O) groups excluding carboxylic acids is 2. The maximum Gasteiger partial charge on any atom is 0.251 e. The number of ether oxygens (including phenoxy) is 2. The normalized spacial score (nSPS) is 14.5. The summed E-state index contributed by atoms with van der Waals surface area (Å²) in [5, 5.41) is 4.05. The number of fused-ring (bicyclic) bond motifs is 1. The number of aromatic amines is 1. The Labute approximate surface area is 181 Å². The van der Waals surface area contributed by atoms with Crippen LogP contribution in [-0.2, 0) is 11.3 Å². The van der Waals surface area contributed by atoms with Crippen LogP contribution >= 0.6 is 0 Å². The topological polar surface area (TPSA) is 83.7 Å². The highest BCUT2D eigenvalue weighted by atomic mass is 16.5. The largest absolute Gasteiger partial charge is 0.493 e. The highest BCUT2D eigenvalue weighted by molar-refractivity contribution is 5.95. The maximum atomic E-state index is 12.6. The SMILES string of the molecule is COc1cc(C(=O)NCc2cc3ccccc3[nH]2)ccc1OC1CCN(C(C)=O)CC1. The minimum Gasteiger partial charge on any atom is -0.493 e. The molecule has 2 N–H and O–H groups in total. The van der Waals surface area contributed by atoms with Crippen molar-refractivity contribution < 1.29 is 19.1 Å². The fraction of sp³-hybridized carbons (Fsp3) is 0.333. The molecule has 1 aliphatic rings. The Morgan fingerprint density at radius 2 is 1.87 bits per heavy atom. The van der Waals surface area contributed by atoms with Crippen LogP contribution in [0.1, 0.15) is 35.8 Å². The third kappa shape index (κ3) is 4.82. The summed E-state index contributed by atoms with van der Waals surface area (Å²) >= 11 is 0. The smallest absolute Gasteiger partial charge is 0.251 e. The van der Waals surface area contributed by atoms with Crippen LogP contribution in [-0.4, -0.2) is 48.0 Å². The van der Waals surface area contributed by atoms with E-state index in [0.29, 0.717) is 36.7 Å². The molecule has 162 valence electrons. The average Bonchev–Trinajstić information content (AvgIpc) is 3.21. The summed E-state index contributed by atoms with van der Waals surface area (Å²) in [6.45, 7) is 3.38. The van der Waals surface area contributed by atoms with Gasteiger partial charge in [0, 0.05) is 49.6 Å². The number of nitrogens with zero attached hydrogens (tertiary/aromatic N) is 1. The molecule has 2 heterocycles. The molecule has 31 heavy (non-hydrogen) atoms. The molecule has 0 aliphatic carbocycles. The number of piperidine rings is 1. The molecule has 0 spiro atoms. The van der Waals surface area contributed by atoms with E-state index < -0.39 is 0 Å². The zero-order valence-corrected chi connectivity index (χ0v) is 17.8. The van der Waals surface area contributed by atoms with Gasteiger partial charge in [-0.15, -0.1) is 0 Å². The Bertz CT molecular complexity index is 1050. The summed E-state index contributed by atoms with van der Waals surface area (Å²) in [6, 6.07) is 15.2. The molecule has 1 aliphatic heterocycles. The van der Waals surface area contributed by atoms with E-state index in [2.05, 4.69) is 10.3 Å². The molecule has 0 bridgehead atoms. The quantitative estimate of drug-likeness (QED) is 0.638. The van der Waals surface area contributed by atoms with Gasteiger partial charge in [-0.05, 0) is 35.7 Å². The Morgan fingerprint density at radius 1 is 1.10 bits per heavy atom. The van der Waals surface area contributed by atoms with Crippen LogP contribution in [0.15, 0.2) is 48.5 Å². The van der Waals surface area contributed by atoms with Crippen LogP contribution in [0.25, 0.3) is 10.9 Å². The summed E-state index contributed by atoms with van der Waals surface area (Å²) < 4.78 is 11.6. The molecular formula is C24H27N3O4. The lowest BCUT2D eigenvalue weighted by atomic mass is 10.1. The highest BCUT2D eigenvalue weighted by Crippen LogP contribution is 2.31. The van der Waals surface area contributed by atoms with Gasteiger partial charge in [0.05, 0.1) is 13.7 Å². The van der Waals surface area contributed by atoms with Crippen molar-refractivity contribution in [2.75, 3.05) is 20.2 Å². The summed E-state index contributed by atoms with van der Waals surface area (Å²) in [7, 11) is 1.56. The van der Waals surface area contributed by atoms with Crippen LogP contribution in [0.3, 0.4) is 0 Å². The minimum absolute atomic E-state index is 0.0196. The zero-order chi connectivity index (χ0) is 21.8. The number of rotatable bonds is 6. The molecular weight excluding hydrogens is 394 g/mol. The number of methoxy groups -OCH3 is 1. The molecule has 1 fully saturated rings. The molecule has 1 aromatic heterocycles. The Morgan fingerprint density at radius 3 is 2.58 bits per heavy atom. The first-order chi connectivity index (χ1) is 15.0. The van der Waals surface area contributed by atoms with Gasteiger partial charge in [-0.25, -0.2) is 0 Å². The van der Waals surface area contributed by atoms with E-state index in [1.54, 1.807) is 32.2 Å². The molecule has 2 amide bonds. The predicted molar refractivity (Wildman–Crippen MR) is 118 cm³/mol. The third-order valence-electron chi connectivity index (χ3n) is 5.63. The van der Waals surface area contributed by atoms with Gasteiger partial charge < -0.3 is 24.7 Å². The number of carbonyl (C=O) groups is 2. The lowest BCUT2D eigenvalue weighted by molar-refractivity contribution is -0.130. The Hall–Kier alpha value is -3.48. The number of benzene rings is 2. The average molecular weight is 421 g/mol. The fourth-order valence-electron chi connectivity index (χ4n) is 3.88. The van der Waals surface area contributed by atoms with Gasteiger partial charge in [0.2, 0.25) is 5.91 Å². The highest BCUT2D eigenvalue weighted by Gasteiger charge is 2.23. The lowest BCUT2D eigenvalue weighted by Crippen LogP contribution is -2.40. The number of hydrogen-bond acceptors (Lipinski definition) is 4. The van der Waals surface area contributed by atoms with E-state index in [4.69, 9.17) is 9.47 Å². The molecule has 0 radical (unpaired) electrons. The van der Waals surface area contributed by atoms with Crippen LogP contribution in [0.5, 0.6) is 11.5 Å². The van der Waals surface area contributed by atoms with Crippen molar-refractivity contribution in [2.45, 2.75) is 32.4 Å². The van der Waals surface area contributed by atoms with E-state index in [1.807, 2.05) is 35.2 Å². The molecule has 1 saturated heterocycles. The van der Waals surface area contributed by atoms with Gasteiger partial charge in [0.15, 0.2) is 11.5 Å². The summed E-state index contributed by atoms with van der Waals surface area (Å²) in [6.07, 6.45) is 1.57. The Kier molecular flexibility index (Phi) is 6.11. The second-order valence-corrected chi connectivity index (χ2v) is 7.75. The standard InChI is InChI=1S/C24H27N3O4/c1-16(28)27-11-9-20(10-12-27)31-22-8-7-18(14-23(22)30-2)24(29)25-15-19-13-17-5-3-4-6-21(17)26-19/h3-8,13-14,20,26H,9-12,15H2,1-2H3,(H,25,29). The molecule has 2 aromatic carbocycles. The van der Waals surface area contributed by atoms with E-state index in [-0.39, 0.29) is 17.9 Å². The first kappa shape index (κ1) is 20.8. The van der Waals surface area contributed by atoms with Crippen LogP contribution < -0.4 is 14.8 Å². The predicted octanol–water partition coefficient (Wildman–Crippen LogP) is 3.50. The molecule has 3 aromatic rings. The second kappa shape index (κ2) is 9.12. The number of hydrogen-bond donors (Lipinski definition) is 2. The molecule has 7 nitrogen and oxygen atoms in total. The van der Waals surface area contributed by atoms with Crippen molar-refractivity contribution in [2.24, 2.45) is 0 Å². The second-order valence-electron chi connectivity index (χ2n) is 7.75. The van der Waals surface area contributed by atoms with Crippen molar-refractivity contribution in [3.63, 3.8) is 0 Å². The van der Waals surface area contributed by atoms with Gasteiger partial charge in [-0.2, -0.15) is 0 Å². The van der Waals surface area contributed by atoms with Crippen LogP contribution in [0.4, 0.5) is 0 Å². The van der Waals surface area contributed by atoms with Crippen LogP contribution in [0.2, 0.25) is 0 Å². The molecule has 4 rings (SSSR count). The number of H-pyrrole nitrogens is 1.